The maximum absolute atomic E-state index is 13.4. The molecule has 0 unspecified atom stereocenters. The van der Waals surface area contributed by atoms with Crippen LogP contribution in [0.5, 0.6) is 0 Å². The van der Waals surface area contributed by atoms with E-state index >= 15 is 0 Å². The van der Waals surface area contributed by atoms with Gasteiger partial charge in [-0.2, -0.15) is 10.2 Å². The van der Waals surface area contributed by atoms with Crippen LogP contribution in [0.1, 0.15) is 18.5 Å². The zero-order chi connectivity index (χ0) is 17.3. The highest BCUT2D eigenvalue weighted by molar-refractivity contribution is 5.97. The molecule has 6 heteroatoms. The number of pyridine rings is 1. The van der Waals surface area contributed by atoms with E-state index in [0.717, 1.165) is 46.4 Å². The summed E-state index contributed by atoms with van der Waals surface area (Å²) in [5, 5.41) is 13.0. The highest BCUT2D eigenvalue weighted by Crippen LogP contribution is 2.55. The summed E-state index contributed by atoms with van der Waals surface area (Å²) in [5.41, 5.74) is 6.52. The van der Waals surface area contributed by atoms with Crippen LogP contribution in [0.3, 0.4) is 0 Å². The van der Waals surface area contributed by atoms with E-state index in [0.29, 0.717) is 5.41 Å². The van der Waals surface area contributed by atoms with Crippen molar-refractivity contribution in [1.29, 1.82) is 0 Å². The van der Waals surface area contributed by atoms with Gasteiger partial charge in [-0.05, 0) is 60.6 Å². The van der Waals surface area contributed by atoms with Gasteiger partial charge in [-0.1, -0.05) is 0 Å². The predicted octanol–water partition coefficient (Wildman–Crippen LogP) is 3.96. The van der Waals surface area contributed by atoms with Gasteiger partial charge in [0.05, 0.1) is 6.20 Å². The molecule has 0 amide bonds. The second-order valence-electron chi connectivity index (χ2n) is 7.50. The van der Waals surface area contributed by atoms with Crippen molar-refractivity contribution >= 4 is 11.0 Å². The van der Waals surface area contributed by atoms with Crippen LogP contribution < -0.4 is 0 Å². The highest BCUT2D eigenvalue weighted by atomic mass is 19.1. The Morgan fingerprint density at radius 2 is 1.96 bits per heavy atom. The topological polar surface area (TPSA) is 59.4 Å². The predicted molar refractivity (Wildman–Crippen MR) is 95.9 cm³/mol. The number of benzene rings is 1. The molecule has 1 aliphatic heterocycles. The maximum Gasteiger partial charge on any atom is 0.155 e. The Balaban J connectivity index is 1.63. The van der Waals surface area contributed by atoms with E-state index in [1.54, 1.807) is 18.3 Å². The fraction of sp³-hybridized carbons (Fsp3) is 0.250. The van der Waals surface area contributed by atoms with E-state index in [-0.39, 0.29) is 5.82 Å². The largest absolute Gasteiger partial charge is 0.268 e. The monoisotopic (exact) mass is 345 g/mol. The normalized spacial score (nSPS) is 17.1. The van der Waals surface area contributed by atoms with Gasteiger partial charge >= 0.3 is 0 Å². The molecule has 128 valence electrons. The summed E-state index contributed by atoms with van der Waals surface area (Å²) in [7, 11) is 0. The number of fused-ring (bicyclic) bond motifs is 2. The maximum atomic E-state index is 13.4. The van der Waals surface area contributed by atoms with Gasteiger partial charge < -0.3 is 0 Å². The van der Waals surface area contributed by atoms with Crippen molar-refractivity contribution in [1.82, 2.24) is 25.0 Å². The van der Waals surface area contributed by atoms with Gasteiger partial charge in [-0.25, -0.2) is 9.37 Å². The summed E-state index contributed by atoms with van der Waals surface area (Å²) < 4.78 is 15.6. The zero-order valence-corrected chi connectivity index (χ0v) is 14.0. The van der Waals surface area contributed by atoms with Crippen molar-refractivity contribution in [3.63, 3.8) is 0 Å². The summed E-state index contributed by atoms with van der Waals surface area (Å²) in [5.74, 6) is -0.236. The second kappa shape index (κ2) is 4.78. The fourth-order valence-corrected chi connectivity index (χ4v) is 4.21. The van der Waals surface area contributed by atoms with Crippen LogP contribution in [0.4, 0.5) is 4.39 Å². The smallest absolute Gasteiger partial charge is 0.155 e. The molecule has 0 bridgehead atoms. The van der Waals surface area contributed by atoms with Crippen molar-refractivity contribution in [2.24, 2.45) is 5.41 Å². The lowest BCUT2D eigenvalue weighted by molar-refractivity contribution is 0.472. The fourth-order valence-electron chi connectivity index (χ4n) is 4.21. The van der Waals surface area contributed by atoms with Crippen LogP contribution >= 0.6 is 0 Å². The van der Waals surface area contributed by atoms with Gasteiger partial charge in [0.25, 0.3) is 0 Å². The number of aromatic nitrogens is 5. The molecule has 1 aromatic carbocycles. The summed E-state index contributed by atoms with van der Waals surface area (Å²) >= 11 is 0. The van der Waals surface area contributed by atoms with Crippen LogP contribution in [0, 0.1) is 11.2 Å². The summed E-state index contributed by atoms with van der Waals surface area (Å²) in [6.07, 6.45) is 7.23. The molecule has 1 saturated carbocycles. The Bertz CT molecular complexity index is 1150. The first-order valence-electron chi connectivity index (χ1n) is 8.87. The Morgan fingerprint density at radius 1 is 1.12 bits per heavy atom. The van der Waals surface area contributed by atoms with Gasteiger partial charge in [0, 0.05) is 34.9 Å². The molecule has 5 nitrogen and oxygen atoms in total. The number of H-pyrrole nitrogens is 1. The van der Waals surface area contributed by atoms with E-state index in [4.69, 9.17) is 5.10 Å². The molecular formula is C20H16FN5. The van der Waals surface area contributed by atoms with Crippen LogP contribution in [0.15, 0.2) is 42.7 Å². The van der Waals surface area contributed by atoms with E-state index < -0.39 is 0 Å². The van der Waals surface area contributed by atoms with Crippen molar-refractivity contribution in [3.8, 4) is 22.4 Å². The molecule has 1 spiro atoms. The molecule has 2 aliphatic rings. The van der Waals surface area contributed by atoms with Crippen molar-refractivity contribution in [3.05, 3.63) is 54.2 Å². The van der Waals surface area contributed by atoms with E-state index in [1.165, 1.54) is 30.7 Å². The van der Waals surface area contributed by atoms with Crippen LogP contribution in [-0.2, 0) is 13.0 Å². The van der Waals surface area contributed by atoms with Crippen LogP contribution in [0.2, 0.25) is 0 Å². The molecule has 0 radical (unpaired) electrons. The minimum Gasteiger partial charge on any atom is -0.268 e. The SMILES string of the molecule is Fc1ccc(-c2nn3c(c2-c2ccnc4[nH]ncc24)CC2(CC2)C3)cc1. The van der Waals surface area contributed by atoms with Gasteiger partial charge in [-0.3, -0.25) is 9.78 Å². The third-order valence-electron chi connectivity index (χ3n) is 5.78. The summed E-state index contributed by atoms with van der Waals surface area (Å²) in [6.45, 7) is 0.982. The molecular weight excluding hydrogens is 329 g/mol. The molecule has 4 aromatic rings. The Labute approximate surface area is 148 Å². The quantitative estimate of drug-likeness (QED) is 0.598. The number of nitrogens with one attached hydrogen (secondary N) is 1. The lowest BCUT2D eigenvalue weighted by Crippen LogP contribution is -2.03. The molecule has 0 saturated heterocycles. The molecule has 1 fully saturated rings. The number of nitrogens with zero attached hydrogens (tertiary/aromatic N) is 4. The zero-order valence-electron chi connectivity index (χ0n) is 14.0. The van der Waals surface area contributed by atoms with Crippen LogP contribution in [0.25, 0.3) is 33.4 Å². The van der Waals surface area contributed by atoms with E-state index in [9.17, 15) is 4.39 Å². The average molecular weight is 345 g/mol. The molecule has 26 heavy (non-hydrogen) atoms. The standard InChI is InChI=1S/C20H16FN5/c21-13-3-1-12(2-4-13)18-17(14-5-8-22-19-15(14)10-23-24-19)16-9-20(6-7-20)11-26(16)25-18/h1-5,8,10H,6-7,9,11H2,(H,22,23,24). The number of hydrogen-bond donors (Lipinski definition) is 1. The lowest BCUT2D eigenvalue weighted by atomic mass is 9.94. The minimum atomic E-state index is -0.236. The summed E-state index contributed by atoms with van der Waals surface area (Å²) in [6, 6.07) is 8.62. The Kier molecular flexibility index (Phi) is 2.61. The number of halogens is 1. The Morgan fingerprint density at radius 3 is 2.77 bits per heavy atom. The van der Waals surface area contributed by atoms with Crippen LogP contribution in [-0.4, -0.2) is 25.0 Å². The first-order chi connectivity index (χ1) is 12.7. The first-order valence-corrected chi connectivity index (χ1v) is 8.87. The number of aromatic amines is 1. The van der Waals surface area contributed by atoms with Gasteiger partial charge in [0.1, 0.15) is 11.5 Å². The molecule has 1 N–H and O–H groups in total. The lowest BCUT2D eigenvalue weighted by Gasteiger charge is -2.09. The molecule has 0 atom stereocenters. The minimum absolute atomic E-state index is 0.236. The number of rotatable bonds is 2. The van der Waals surface area contributed by atoms with E-state index in [1.807, 2.05) is 12.3 Å². The first kappa shape index (κ1) is 14.2. The van der Waals surface area contributed by atoms with Gasteiger partial charge in [0.15, 0.2) is 5.65 Å². The highest BCUT2D eigenvalue weighted by Gasteiger charge is 2.49. The molecule has 6 rings (SSSR count). The molecule has 3 aromatic heterocycles. The third kappa shape index (κ3) is 1.92. The summed E-state index contributed by atoms with van der Waals surface area (Å²) in [4.78, 5) is 4.37. The van der Waals surface area contributed by atoms with Crippen molar-refractivity contribution in [2.75, 3.05) is 0 Å². The Hall–Kier alpha value is -3.02. The molecule has 4 heterocycles. The van der Waals surface area contributed by atoms with Gasteiger partial charge in [-0.15, -0.1) is 0 Å². The second-order valence-corrected chi connectivity index (χ2v) is 7.50. The van der Waals surface area contributed by atoms with Crippen molar-refractivity contribution < 1.29 is 4.39 Å². The van der Waals surface area contributed by atoms with E-state index in [2.05, 4.69) is 19.9 Å². The third-order valence-corrected chi connectivity index (χ3v) is 5.78. The number of hydrogen-bond acceptors (Lipinski definition) is 3. The van der Waals surface area contributed by atoms with Gasteiger partial charge in [0.2, 0.25) is 0 Å². The average Bonchev–Trinajstić information content (AvgIpc) is 2.96. The molecule has 1 aliphatic carbocycles. The van der Waals surface area contributed by atoms with Crippen molar-refractivity contribution in [2.45, 2.75) is 25.8 Å².